The van der Waals surface area contributed by atoms with E-state index in [2.05, 4.69) is 5.32 Å². The van der Waals surface area contributed by atoms with Crippen molar-refractivity contribution in [2.75, 3.05) is 25.5 Å². The Labute approximate surface area is 122 Å². The summed E-state index contributed by atoms with van der Waals surface area (Å²) in [6, 6.07) is 0.755. The molecular weight excluding hydrogens is 335 g/mol. The molecular formula is C9H12F3N3O4S2. The van der Waals surface area contributed by atoms with Gasteiger partial charge in [-0.05, 0) is 0 Å². The second-order valence-corrected chi connectivity index (χ2v) is 7.05. The third-order valence-corrected chi connectivity index (χ3v) is 5.93. The summed E-state index contributed by atoms with van der Waals surface area (Å²) in [6.45, 7) is -0.793. The summed E-state index contributed by atoms with van der Waals surface area (Å²) in [5.41, 5.74) is -0.496. The van der Waals surface area contributed by atoms with Crippen molar-refractivity contribution in [1.82, 2.24) is 4.31 Å². The van der Waals surface area contributed by atoms with E-state index in [1.54, 1.807) is 0 Å². The zero-order valence-corrected chi connectivity index (χ0v) is 12.6. The molecule has 0 fully saturated rings. The number of anilines is 1. The molecule has 0 aromatic carbocycles. The molecule has 21 heavy (non-hydrogen) atoms. The number of thiophene rings is 1. The predicted molar refractivity (Wildman–Crippen MR) is 71.0 cm³/mol. The number of sulfonamides is 1. The molecule has 1 aromatic heterocycles. The first-order valence-corrected chi connectivity index (χ1v) is 7.81. The summed E-state index contributed by atoms with van der Waals surface area (Å²) in [4.78, 5) is 9.97. The lowest BCUT2D eigenvalue weighted by Crippen LogP contribution is -2.38. The number of halogens is 3. The minimum atomic E-state index is -4.70. The van der Waals surface area contributed by atoms with Gasteiger partial charge in [-0.15, -0.1) is 0 Å². The fourth-order valence-corrected chi connectivity index (χ4v) is 4.37. The Kier molecular flexibility index (Phi) is 5.17. The Morgan fingerprint density at radius 1 is 1.48 bits per heavy atom. The highest BCUT2D eigenvalue weighted by Gasteiger charge is 2.38. The number of nitro groups is 1. The van der Waals surface area contributed by atoms with Crippen LogP contribution in [0.25, 0.3) is 0 Å². The normalized spacial score (nSPS) is 12.7. The van der Waals surface area contributed by atoms with Crippen LogP contribution < -0.4 is 5.32 Å². The second kappa shape index (κ2) is 6.15. The van der Waals surface area contributed by atoms with Crippen LogP contribution in [0.2, 0.25) is 0 Å². The van der Waals surface area contributed by atoms with Gasteiger partial charge in [0.1, 0.15) is 10.8 Å². The van der Waals surface area contributed by atoms with Gasteiger partial charge in [-0.2, -0.15) is 17.5 Å². The van der Waals surface area contributed by atoms with Crippen LogP contribution in [0.15, 0.2) is 10.3 Å². The van der Waals surface area contributed by atoms with E-state index in [4.69, 9.17) is 0 Å². The van der Waals surface area contributed by atoms with E-state index < -0.39 is 44.1 Å². The first-order valence-electron chi connectivity index (χ1n) is 5.55. The van der Waals surface area contributed by atoms with Gasteiger partial charge < -0.3 is 5.32 Å². The van der Waals surface area contributed by atoms with Gasteiger partial charge in [0, 0.05) is 19.7 Å². The van der Waals surface area contributed by atoms with Crippen LogP contribution >= 0.6 is 11.3 Å². The van der Waals surface area contributed by atoms with Gasteiger partial charge >= 0.3 is 11.9 Å². The lowest BCUT2D eigenvalue weighted by Gasteiger charge is -2.20. The highest BCUT2D eigenvalue weighted by molar-refractivity contribution is 7.91. The molecule has 0 aliphatic rings. The number of nitrogens with one attached hydrogen (secondary N) is 1. The first kappa shape index (κ1) is 17.7. The summed E-state index contributed by atoms with van der Waals surface area (Å²) < 4.78 is 61.2. The molecule has 0 unspecified atom stereocenters. The summed E-state index contributed by atoms with van der Waals surface area (Å²) in [5.74, 6) is 0. The Morgan fingerprint density at radius 2 is 2.05 bits per heavy atom. The van der Waals surface area contributed by atoms with Crippen molar-refractivity contribution in [3.63, 3.8) is 0 Å². The van der Waals surface area contributed by atoms with E-state index in [-0.39, 0.29) is 9.31 Å². The van der Waals surface area contributed by atoms with E-state index in [1.165, 1.54) is 14.0 Å². The molecule has 0 aliphatic carbocycles. The monoisotopic (exact) mass is 347 g/mol. The number of hydrogen-bond acceptors (Lipinski definition) is 6. The average molecular weight is 347 g/mol. The smallest absolute Gasteiger partial charge is 0.374 e. The predicted octanol–water partition coefficient (Wildman–Crippen LogP) is 2.27. The summed E-state index contributed by atoms with van der Waals surface area (Å²) >= 11 is 0.515. The Bertz CT molecular complexity index is 627. The molecule has 1 rings (SSSR count). The Balaban J connectivity index is 3.26. The van der Waals surface area contributed by atoms with Crippen LogP contribution in [0.3, 0.4) is 0 Å². The van der Waals surface area contributed by atoms with Crippen LogP contribution in [0.5, 0.6) is 0 Å². The molecule has 0 aliphatic heterocycles. The summed E-state index contributed by atoms with van der Waals surface area (Å²) in [6.07, 6.45) is -4.70. The van der Waals surface area contributed by atoms with Crippen molar-refractivity contribution in [2.24, 2.45) is 0 Å². The number of nitrogens with zero attached hydrogens (tertiary/aromatic N) is 2. The minimum absolute atomic E-state index is 0.0402. The van der Waals surface area contributed by atoms with Crippen LogP contribution in [-0.2, 0) is 10.0 Å². The molecule has 1 heterocycles. The van der Waals surface area contributed by atoms with Gasteiger partial charge in [-0.1, -0.05) is 18.3 Å². The standard InChI is InChI=1S/C9H12F3N3O4S2/c1-3-14(5-9(10,11)12)21(18,19)7-4-6(15(16)17)8(13-2)20-7/h4,13H,3,5H2,1-2H3. The van der Waals surface area contributed by atoms with Crippen molar-refractivity contribution in [1.29, 1.82) is 0 Å². The van der Waals surface area contributed by atoms with Crippen molar-refractivity contribution in [3.8, 4) is 0 Å². The molecule has 0 saturated carbocycles. The lowest BCUT2D eigenvalue weighted by molar-refractivity contribution is -0.383. The van der Waals surface area contributed by atoms with E-state index in [0.29, 0.717) is 11.3 Å². The summed E-state index contributed by atoms with van der Waals surface area (Å²) in [5, 5.41) is 13.2. The SMILES string of the molecule is CCN(CC(F)(F)F)S(=O)(=O)c1cc([N+](=O)[O-])c(NC)s1. The number of alkyl halides is 3. The highest BCUT2D eigenvalue weighted by Crippen LogP contribution is 2.38. The van der Waals surface area contributed by atoms with Crippen molar-refractivity contribution in [2.45, 2.75) is 17.3 Å². The molecule has 0 amide bonds. The van der Waals surface area contributed by atoms with Crippen LogP contribution in [0, 0.1) is 10.1 Å². The average Bonchev–Trinajstić information content (AvgIpc) is 2.79. The third kappa shape index (κ3) is 4.04. The minimum Gasteiger partial charge on any atom is -0.374 e. The maximum Gasteiger partial charge on any atom is 0.402 e. The topological polar surface area (TPSA) is 92.5 Å². The van der Waals surface area contributed by atoms with Gasteiger partial charge in [0.25, 0.3) is 10.0 Å². The molecule has 12 heteroatoms. The Morgan fingerprint density at radius 3 is 2.38 bits per heavy atom. The fraction of sp³-hybridized carbons (Fsp3) is 0.556. The molecule has 1 N–H and O–H groups in total. The molecule has 0 radical (unpaired) electrons. The van der Waals surface area contributed by atoms with Crippen molar-refractivity contribution in [3.05, 3.63) is 16.2 Å². The van der Waals surface area contributed by atoms with Crippen LogP contribution in [0.1, 0.15) is 6.92 Å². The van der Waals surface area contributed by atoms with E-state index in [1.807, 2.05) is 0 Å². The molecule has 1 aromatic rings. The molecule has 7 nitrogen and oxygen atoms in total. The van der Waals surface area contributed by atoms with Gasteiger partial charge in [0.15, 0.2) is 5.00 Å². The van der Waals surface area contributed by atoms with Gasteiger partial charge in [-0.25, -0.2) is 8.42 Å². The summed E-state index contributed by atoms with van der Waals surface area (Å²) in [7, 11) is -3.09. The highest BCUT2D eigenvalue weighted by atomic mass is 32.2. The molecule has 120 valence electrons. The molecule has 0 saturated heterocycles. The van der Waals surface area contributed by atoms with Crippen LogP contribution in [-0.4, -0.2) is 44.0 Å². The largest absolute Gasteiger partial charge is 0.402 e. The maximum absolute atomic E-state index is 12.4. The van der Waals surface area contributed by atoms with Gasteiger partial charge in [0.05, 0.1) is 4.92 Å². The van der Waals surface area contributed by atoms with Crippen LogP contribution in [0.4, 0.5) is 23.9 Å². The number of rotatable bonds is 6. The van der Waals surface area contributed by atoms with Gasteiger partial charge in [0.2, 0.25) is 0 Å². The van der Waals surface area contributed by atoms with E-state index in [9.17, 15) is 31.7 Å². The van der Waals surface area contributed by atoms with E-state index in [0.717, 1.165) is 6.07 Å². The molecule has 0 spiro atoms. The zero-order valence-electron chi connectivity index (χ0n) is 11.0. The fourth-order valence-electron chi connectivity index (χ4n) is 1.50. The first-order chi connectivity index (χ1) is 9.52. The zero-order chi connectivity index (χ0) is 16.4. The third-order valence-electron chi connectivity index (χ3n) is 2.42. The quantitative estimate of drug-likeness (QED) is 0.629. The van der Waals surface area contributed by atoms with Crippen molar-refractivity contribution < 1.29 is 26.5 Å². The lowest BCUT2D eigenvalue weighted by atomic mass is 10.5. The maximum atomic E-state index is 12.4. The molecule has 0 atom stereocenters. The van der Waals surface area contributed by atoms with Crippen molar-refractivity contribution >= 4 is 32.0 Å². The van der Waals surface area contributed by atoms with E-state index >= 15 is 0 Å². The van der Waals surface area contributed by atoms with Gasteiger partial charge in [-0.3, -0.25) is 10.1 Å². The Hall–Kier alpha value is -1.40. The number of hydrogen-bond donors (Lipinski definition) is 1. The second-order valence-electron chi connectivity index (χ2n) is 3.83. The molecule has 0 bridgehead atoms.